The Bertz CT molecular complexity index is 1720. The van der Waals surface area contributed by atoms with Crippen LogP contribution in [0.25, 0.3) is 22.3 Å². The molecular weight excluding hydrogens is 534 g/mol. The average Bonchev–Trinajstić information content (AvgIpc) is 3.46. The number of hydrogen-bond acceptors (Lipinski definition) is 8. The number of fused-ring (bicyclic) bond motifs is 1. The number of nitrogens with one attached hydrogen (secondary N) is 1. The summed E-state index contributed by atoms with van der Waals surface area (Å²) >= 11 is 1.46. The fourth-order valence-corrected chi connectivity index (χ4v) is 5.81. The number of nitrogens with zero attached hydrogens (tertiary/aromatic N) is 4. The monoisotopic (exact) mass is 569 g/mol. The number of anilines is 1. The van der Waals surface area contributed by atoms with E-state index in [1.165, 1.54) is 11.9 Å². The molecule has 8 nitrogen and oxygen atoms in total. The van der Waals surface area contributed by atoms with Crippen LogP contribution in [0.1, 0.15) is 53.3 Å². The summed E-state index contributed by atoms with van der Waals surface area (Å²) in [7, 11) is 0. The molecule has 41 heavy (non-hydrogen) atoms. The topological polar surface area (TPSA) is 95.1 Å². The number of hydrogen-bond donors (Lipinski definition) is 1. The van der Waals surface area contributed by atoms with Gasteiger partial charge in [0.05, 0.1) is 25.3 Å². The van der Waals surface area contributed by atoms with Gasteiger partial charge in [0, 0.05) is 22.6 Å². The Kier molecular flexibility index (Phi) is 8.44. The summed E-state index contributed by atoms with van der Waals surface area (Å²) in [5.41, 5.74) is 9.71. The molecule has 1 N–H and O–H groups in total. The summed E-state index contributed by atoms with van der Waals surface area (Å²) < 4.78 is 16.3. The quantitative estimate of drug-likeness (QED) is 0.140. The number of ether oxygens (including phenoxy) is 1. The molecule has 0 aliphatic rings. The maximum absolute atomic E-state index is 12.7. The Morgan fingerprint density at radius 2 is 1.83 bits per heavy atom. The van der Waals surface area contributed by atoms with Crippen LogP contribution in [-0.2, 0) is 28.9 Å². The second kappa shape index (κ2) is 12.2. The Morgan fingerprint density at radius 3 is 2.56 bits per heavy atom. The van der Waals surface area contributed by atoms with Crippen molar-refractivity contribution in [3.63, 3.8) is 0 Å². The van der Waals surface area contributed by atoms with Crippen LogP contribution in [0.2, 0.25) is 0 Å². The summed E-state index contributed by atoms with van der Waals surface area (Å²) in [4.78, 5) is 23.5. The van der Waals surface area contributed by atoms with E-state index in [2.05, 4.69) is 64.7 Å². The third kappa shape index (κ3) is 6.00. The number of imidazole rings is 1. The predicted octanol–water partition coefficient (Wildman–Crippen LogP) is 7.16. The maximum Gasteiger partial charge on any atom is 0.310 e. The third-order valence-electron chi connectivity index (χ3n) is 7.16. The van der Waals surface area contributed by atoms with Crippen LogP contribution in [0.5, 0.6) is 0 Å². The molecule has 0 amide bonds. The molecule has 9 heteroatoms. The van der Waals surface area contributed by atoms with Gasteiger partial charge in [-0.15, -0.1) is 0 Å². The molecule has 0 spiro atoms. The van der Waals surface area contributed by atoms with Gasteiger partial charge in [0.15, 0.2) is 5.65 Å². The number of pyridine rings is 1. The van der Waals surface area contributed by atoms with Gasteiger partial charge < -0.3 is 13.8 Å². The molecule has 0 fully saturated rings. The van der Waals surface area contributed by atoms with Gasteiger partial charge in [0.25, 0.3) is 0 Å². The molecule has 0 atom stereocenters. The van der Waals surface area contributed by atoms with Crippen LogP contribution in [0, 0.1) is 27.7 Å². The Hall–Kier alpha value is -4.11. The fraction of sp³-hybridized carbons (Fsp3) is 0.312. The lowest BCUT2D eigenvalue weighted by atomic mass is 9.95. The van der Waals surface area contributed by atoms with E-state index in [1.54, 1.807) is 0 Å². The van der Waals surface area contributed by atoms with Gasteiger partial charge in [0.2, 0.25) is 5.88 Å². The van der Waals surface area contributed by atoms with E-state index >= 15 is 0 Å². The highest BCUT2D eigenvalue weighted by Gasteiger charge is 2.18. The average molecular weight is 570 g/mol. The first-order valence-corrected chi connectivity index (χ1v) is 14.7. The van der Waals surface area contributed by atoms with Crippen molar-refractivity contribution in [3.05, 3.63) is 88.0 Å². The van der Waals surface area contributed by atoms with E-state index in [-0.39, 0.29) is 12.4 Å². The molecule has 0 radical (unpaired) electrons. The molecule has 5 rings (SSSR count). The Balaban J connectivity index is 1.53. The first-order valence-electron chi connectivity index (χ1n) is 13.8. The van der Waals surface area contributed by atoms with Crippen molar-refractivity contribution in [2.45, 2.75) is 65.8 Å². The van der Waals surface area contributed by atoms with Crippen molar-refractivity contribution in [1.29, 1.82) is 0 Å². The molecule has 0 unspecified atom stereocenters. The van der Waals surface area contributed by atoms with E-state index < -0.39 is 0 Å². The van der Waals surface area contributed by atoms with E-state index in [0.717, 1.165) is 73.1 Å². The molecule has 5 aromatic rings. The minimum absolute atomic E-state index is 0.172. The number of carbonyl (C=O) groups is 1. The smallest absolute Gasteiger partial charge is 0.310 e. The van der Waals surface area contributed by atoms with Crippen molar-refractivity contribution in [3.8, 4) is 11.1 Å². The van der Waals surface area contributed by atoms with Gasteiger partial charge >= 0.3 is 5.97 Å². The van der Waals surface area contributed by atoms with Crippen LogP contribution in [0.4, 0.5) is 5.88 Å². The number of aryl methyl sites for hydroxylation is 4. The van der Waals surface area contributed by atoms with Crippen molar-refractivity contribution >= 4 is 35.0 Å². The highest BCUT2D eigenvalue weighted by atomic mass is 32.2. The zero-order chi connectivity index (χ0) is 29.1. The van der Waals surface area contributed by atoms with Gasteiger partial charge in [-0.2, -0.15) is 0 Å². The summed E-state index contributed by atoms with van der Waals surface area (Å²) in [6, 6.07) is 16.5. The summed E-state index contributed by atoms with van der Waals surface area (Å²) in [5, 5.41) is 4.04. The minimum atomic E-state index is -0.253. The number of aromatic nitrogens is 4. The van der Waals surface area contributed by atoms with Gasteiger partial charge in [-0.1, -0.05) is 48.5 Å². The van der Waals surface area contributed by atoms with Crippen LogP contribution in [0.3, 0.4) is 0 Å². The van der Waals surface area contributed by atoms with Crippen molar-refractivity contribution in [2.75, 3.05) is 11.3 Å². The largest absolute Gasteiger partial charge is 0.466 e. The zero-order valence-corrected chi connectivity index (χ0v) is 25.2. The van der Waals surface area contributed by atoms with Gasteiger partial charge in [-0.05, 0) is 86.5 Å². The van der Waals surface area contributed by atoms with E-state index in [1.807, 2.05) is 39.8 Å². The zero-order valence-electron chi connectivity index (χ0n) is 24.4. The van der Waals surface area contributed by atoms with Gasteiger partial charge in [0.1, 0.15) is 11.3 Å². The summed E-state index contributed by atoms with van der Waals surface area (Å²) in [6.45, 7) is 12.9. The second-order valence-corrected chi connectivity index (χ2v) is 11.0. The van der Waals surface area contributed by atoms with E-state index in [0.29, 0.717) is 19.0 Å². The number of carbonyl (C=O) groups excluding carboxylic acids is 1. The Morgan fingerprint density at radius 1 is 1.02 bits per heavy atom. The number of benzene rings is 2. The normalized spacial score (nSPS) is 11.3. The van der Waals surface area contributed by atoms with Crippen LogP contribution in [0.15, 0.2) is 57.9 Å². The maximum atomic E-state index is 12.7. The molecule has 0 saturated carbocycles. The van der Waals surface area contributed by atoms with Crippen molar-refractivity contribution in [2.24, 2.45) is 0 Å². The lowest BCUT2D eigenvalue weighted by Crippen LogP contribution is -2.10. The van der Waals surface area contributed by atoms with Crippen LogP contribution >= 0.6 is 11.9 Å². The van der Waals surface area contributed by atoms with Crippen molar-refractivity contribution < 1.29 is 14.1 Å². The molecule has 3 aromatic heterocycles. The molecule has 2 aromatic carbocycles. The first kappa shape index (κ1) is 28.4. The minimum Gasteiger partial charge on any atom is -0.466 e. The number of esters is 1. The van der Waals surface area contributed by atoms with Crippen LogP contribution in [-0.4, -0.2) is 32.3 Å². The molecule has 0 saturated heterocycles. The van der Waals surface area contributed by atoms with Gasteiger partial charge in [-0.25, -0.2) is 9.97 Å². The van der Waals surface area contributed by atoms with Crippen LogP contribution < -0.4 is 4.72 Å². The first-order chi connectivity index (χ1) is 19.8. The molecular formula is C32H35N5O3S. The fourth-order valence-electron chi connectivity index (χ4n) is 4.98. The van der Waals surface area contributed by atoms with Gasteiger partial charge in [-0.3, -0.25) is 9.52 Å². The molecule has 3 heterocycles. The standard InChI is InChI=1S/C32H35N5O3S/c1-7-28-34-30-19(3)15-20(4)33-31(30)37(28)18-23-13-14-25(24(16-23)17-29(38)39-8-2)26-11-9-10-12-27(26)41-36-32-21(5)22(6)35-40-32/h9-16,36H,7-8,17-18H2,1-6H3. The Labute approximate surface area is 244 Å². The predicted molar refractivity (Wildman–Crippen MR) is 163 cm³/mol. The summed E-state index contributed by atoms with van der Waals surface area (Å²) in [6.07, 6.45) is 0.968. The summed E-state index contributed by atoms with van der Waals surface area (Å²) in [5.74, 6) is 1.36. The SMILES string of the molecule is CCOC(=O)Cc1cc(Cn2c(CC)nc3c(C)cc(C)nc32)ccc1-c1ccccc1SNc1onc(C)c1C. The molecule has 212 valence electrons. The second-order valence-electron chi connectivity index (χ2n) is 10.1. The highest BCUT2D eigenvalue weighted by molar-refractivity contribution is 8.00. The molecule has 0 bridgehead atoms. The lowest BCUT2D eigenvalue weighted by Gasteiger charge is -2.16. The van der Waals surface area contributed by atoms with Crippen molar-refractivity contribution in [1.82, 2.24) is 19.7 Å². The van der Waals surface area contributed by atoms with E-state index in [4.69, 9.17) is 19.2 Å². The molecule has 0 aliphatic heterocycles. The lowest BCUT2D eigenvalue weighted by molar-refractivity contribution is -0.142. The third-order valence-corrected chi connectivity index (χ3v) is 8.02. The number of rotatable bonds is 10. The van der Waals surface area contributed by atoms with E-state index in [9.17, 15) is 4.79 Å². The molecule has 0 aliphatic carbocycles. The highest BCUT2D eigenvalue weighted by Crippen LogP contribution is 2.36.